The number of ether oxygens (including phenoxy) is 1. The van der Waals surface area contributed by atoms with Crippen molar-refractivity contribution in [2.75, 3.05) is 7.11 Å². The van der Waals surface area contributed by atoms with Gasteiger partial charge in [0.15, 0.2) is 6.10 Å². The Labute approximate surface area is 101 Å². The summed E-state index contributed by atoms with van der Waals surface area (Å²) in [5.41, 5.74) is 1.81. The van der Waals surface area contributed by atoms with Crippen LogP contribution in [0.3, 0.4) is 0 Å². The molecular formula is C13H18O4. The molecule has 0 saturated carbocycles. The van der Waals surface area contributed by atoms with Gasteiger partial charge >= 0.3 is 5.97 Å². The van der Waals surface area contributed by atoms with Gasteiger partial charge in [-0.15, -0.1) is 0 Å². The Hall–Kier alpha value is -1.55. The van der Waals surface area contributed by atoms with Crippen molar-refractivity contribution in [1.29, 1.82) is 0 Å². The standard InChI is InChI=1S/C13H18O4/c1-8(2)9-4-5-12(17-3)10(6-9)7-11(14)13(15)16/h4-6,8,11,14H,7H2,1-3H3,(H,15,16). The number of carboxylic acid groups (broad SMARTS) is 1. The number of carbonyl (C=O) groups is 1. The minimum Gasteiger partial charge on any atom is -0.496 e. The van der Waals surface area contributed by atoms with E-state index in [1.807, 2.05) is 12.1 Å². The average molecular weight is 238 g/mol. The van der Waals surface area contributed by atoms with Crippen LogP contribution in [-0.4, -0.2) is 29.4 Å². The van der Waals surface area contributed by atoms with E-state index in [0.29, 0.717) is 17.2 Å². The van der Waals surface area contributed by atoms with Crippen molar-refractivity contribution >= 4 is 5.97 Å². The predicted octanol–water partition coefficient (Wildman–Crippen LogP) is 1.81. The molecule has 4 heteroatoms. The second-order valence-electron chi connectivity index (χ2n) is 4.28. The number of aliphatic carboxylic acids is 1. The molecule has 0 bridgehead atoms. The van der Waals surface area contributed by atoms with E-state index < -0.39 is 12.1 Å². The van der Waals surface area contributed by atoms with E-state index >= 15 is 0 Å². The van der Waals surface area contributed by atoms with E-state index in [4.69, 9.17) is 9.84 Å². The predicted molar refractivity (Wildman–Crippen MR) is 64.4 cm³/mol. The molecule has 2 N–H and O–H groups in total. The summed E-state index contributed by atoms with van der Waals surface area (Å²) in [6.45, 7) is 4.11. The van der Waals surface area contributed by atoms with Gasteiger partial charge in [0, 0.05) is 6.42 Å². The molecule has 1 aromatic rings. The normalized spacial score (nSPS) is 12.5. The lowest BCUT2D eigenvalue weighted by molar-refractivity contribution is -0.146. The molecule has 1 rings (SSSR count). The van der Waals surface area contributed by atoms with Crippen LogP contribution in [0.25, 0.3) is 0 Å². The van der Waals surface area contributed by atoms with Gasteiger partial charge in [-0.05, 0) is 23.1 Å². The Bertz CT molecular complexity index is 398. The fourth-order valence-electron chi connectivity index (χ4n) is 1.61. The van der Waals surface area contributed by atoms with Crippen LogP contribution >= 0.6 is 0 Å². The number of hydrogen-bond acceptors (Lipinski definition) is 3. The molecule has 0 aromatic heterocycles. The highest BCUT2D eigenvalue weighted by molar-refractivity contribution is 5.72. The second kappa shape index (κ2) is 5.68. The zero-order valence-electron chi connectivity index (χ0n) is 10.3. The molecule has 4 nitrogen and oxygen atoms in total. The monoisotopic (exact) mass is 238 g/mol. The Morgan fingerprint density at radius 1 is 1.41 bits per heavy atom. The van der Waals surface area contributed by atoms with Gasteiger partial charge in [0.25, 0.3) is 0 Å². The molecule has 0 radical (unpaired) electrons. The third-order valence-corrected chi connectivity index (χ3v) is 2.67. The summed E-state index contributed by atoms with van der Waals surface area (Å²) >= 11 is 0. The van der Waals surface area contributed by atoms with E-state index in [1.54, 1.807) is 6.07 Å². The van der Waals surface area contributed by atoms with Crippen LogP contribution in [0.2, 0.25) is 0 Å². The minimum atomic E-state index is -1.40. The first kappa shape index (κ1) is 13.5. The minimum absolute atomic E-state index is 0.0546. The first-order valence-corrected chi connectivity index (χ1v) is 5.53. The van der Waals surface area contributed by atoms with Crippen LogP contribution in [0.4, 0.5) is 0 Å². The average Bonchev–Trinajstić information content (AvgIpc) is 2.28. The fraction of sp³-hybridized carbons (Fsp3) is 0.462. The van der Waals surface area contributed by atoms with Gasteiger partial charge < -0.3 is 14.9 Å². The van der Waals surface area contributed by atoms with Gasteiger partial charge in [0.1, 0.15) is 5.75 Å². The molecular weight excluding hydrogens is 220 g/mol. The number of aliphatic hydroxyl groups is 1. The molecule has 0 fully saturated rings. The Balaban J connectivity index is 3.01. The number of methoxy groups -OCH3 is 1. The summed E-state index contributed by atoms with van der Waals surface area (Å²) in [7, 11) is 1.53. The lowest BCUT2D eigenvalue weighted by atomic mass is 9.97. The molecule has 0 aliphatic heterocycles. The van der Waals surface area contributed by atoms with E-state index in [1.165, 1.54) is 7.11 Å². The lowest BCUT2D eigenvalue weighted by Gasteiger charge is -2.14. The van der Waals surface area contributed by atoms with Crippen LogP contribution in [0.1, 0.15) is 30.9 Å². The number of benzene rings is 1. The van der Waals surface area contributed by atoms with Crippen molar-refractivity contribution in [3.63, 3.8) is 0 Å². The third-order valence-electron chi connectivity index (χ3n) is 2.67. The molecule has 0 aliphatic carbocycles. The maximum Gasteiger partial charge on any atom is 0.332 e. The quantitative estimate of drug-likeness (QED) is 0.821. The molecule has 17 heavy (non-hydrogen) atoms. The maximum atomic E-state index is 10.6. The van der Waals surface area contributed by atoms with E-state index in [2.05, 4.69) is 13.8 Å². The van der Waals surface area contributed by atoms with Gasteiger partial charge in [-0.3, -0.25) is 0 Å². The van der Waals surface area contributed by atoms with E-state index in [0.717, 1.165) is 5.56 Å². The van der Waals surface area contributed by atoms with Gasteiger partial charge in [-0.1, -0.05) is 26.0 Å². The Morgan fingerprint density at radius 2 is 2.06 bits per heavy atom. The molecule has 0 saturated heterocycles. The summed E-state index contributed by atoms with van der Waals surface area (Å²) in [4.78, 5) is 10.6. The van der Waals surface area contributed by atoms with Crippen LogP contribution < -0.4 is 4.74 Å². The van der Waals surface area contributed by atoms with Crippen molar-refractivity contribution in [3.8, 4) is 5.75 Å². The van der Waals surface area contributed by atoms with Gasteiger partial charge in [0.05, 0.1) is 7.11 Å². The van der Waals surface area contributed by atoms with Gasteiger partial charge in [-0.2, -0.15) is 0 Å². The summed E-state index contributed by atoms with van der Waals surface area (Å²) < 4.78 is 5.16. The second-order valence-corrected chi connectivity index (χ2v) is 4.28. The Morgan fingerprint density at radius 3 is 2.53 bits per heavy atom. The Kier molecular flexibility index (Phi) is 4.52. The van der Waals surface area contributed by atoms with Crippen molar-refractivity contribution in [2.24, 2.45) is 0 Å². The van der Waals surface area contributed by atoms with Gasteiger partial charge in [-0.25, -0.2) is 4.79 Å². The summed E-state index contributed by atoms with van der Waals surface area (Å²) in [5, 5.41) is 18.1. The topological polar surface area (TPSA) is 66.8 Å². The highest BCUT2D eigenvalue weighted by Crippen LogP contribution is 2.25. The molecule has 1 unspecified atom stereocenters. The molecule has 1 atom stereocenters. The first-order chi connectivity index (χ1) is 7.95. The molecule has 1 aromatic carbocycles. The van der Waals surface area contributed by atoms with Crippen LogP contribution in [0.15, 0.2) is 18.2 Å². The zero-order valence-corrected chi connectivity index (χ0v) is 10.3. The summed E-state index contributed by atoms with van der Waals surface area (Å²) in [6, 6.07) is 5.63. The largest absolute Gasteiger partial charge is 0.496 e. The maximum absolute atomic E-state index is 10.6. The molecule has 0 spiro atoms. The highest BCUT2D eigenvalue weighted by Gasteiger charge is 2.17. The van der Waals surface area contributed by atoms with Crippen molar-refractivity contribution in [2.45, 2.75) is 32.3 Å². The van der Waals surface area contributed by atoms with Crippen molar-refractivity contribution in [1.82, 2.24) is 0 Å². The van der Waals surface area contributed by atoms with Crippen LogP contribution in [-0.2, 0) is 11.2 Å². The smallest absolute Gasteiger partial charge is 0.332 e. The zero-order chi connectivity index (χ0) is 13.0. The first-order valence-electron chi connectivity index (χ1n) is 5.53. The number of hydrogen-bond donors (Lipinski definition) is 2. The number of carboxylic acids is 1. The number of rotatable bonds is 5. The SMILES string of the molecule is COc1ccc(C(C)C)cc1CC(O)C(=O)O. The van der Waals surface area contributed by atoms with E-state index in [-0.39, 0.29) is 6.42 Å². The van der Waals surface area contributed by atoms with Crippen molar-refractivity contribution < 1.29 is 19.7 Å². The third kappa shape index (κ3) is 3.46. The fourth-order valence-corrected chi connectivity index (χ4v) is 1.61. The summed E-state index contributed by atoms with van der Waals surface area (Å²) in [6.07, 6.45) is -1.34. The van der Waals surface area contributed by atoms with Crippen LogP contribution in [0, 0.1) is 0 Å². The number of aliphatic hydroxyl groups excluding tert-OH is 1. The highest BCUT2D eigenvalue weighted by atomic mass is 16.5. The molecule has 0 heterocycles. The van der Waals surface area contributed by atoms with E-state index in [9.17, 15) is 9.90 Å². The van der Waals surface area contributed by atoms with Crippen LogP contribution in [0.5, 0.6) is 5.75 Å². The summed E-state index contributed by atoms with van der Waals surface area (Å²) in [5.74, 6) is -0.265. The molecule has 0 aliphatic rings. The lowest BCUT2D eigenvalue weighted by Crippen LogP contribution is -2.22. The molecule has 0 amide bonds. The van der Waals surface area contributed by atoms with Crippen molar-refractivity contribution in [3.05, 3.63) is 29.3 Å². The molecule has 94 valence electrons. The van der Waals surface area contributed by atoms with Gasteiger partial charge in [0.2, 0.25) is 0 Å².